The number of aliphatic carboxylic acids is 2. The molecule has 1 unspecified atom stereocenters. The van der Waals surface area contributed by atoms with Crippen molar-refractivity contribution in [2.45, 2.75) is 12.5 Å². The van der Waals surface area contributed by atoms with E-state index in [1.54, 1.807) is 0 Å². The van der Waals surface area contributed by atoms with Crippen LogP contribution < -0.4 is 5.32 Å². The van der Waals surface area contributed by atoms with Crippen LogP contribution in [0.25, 0.3) is 6.08 Å². The number of hydrogen-bond donors (Lipinski definition) is 6. The van der Waals surface area contributed by atoms with E-state index in [1.165, 1.54) is 6.07 Å². The number of rotatable bonds is 6. The van der Waals surface area contributed by atoms with Crippen molar-refractivity contribution in [1.29, 1.82) is 0 Å². The first-order valence-corrected chi connectivity index (χ1v) is 5.89. The molecule has 22 heavy (non-hydrogen) atoms. The van der Waals surface area contributed by atoms with E-state index >= 15 is 0 Å². The fraction of sp³-hybridized carbons (Fsp3) is 0.154. The molecule has 0 aromatic heterocycles. The first kappa shape index (κ1) is 16.8. The number of phenols is 3. The Kier molecular flexibility index (Phi) is 5.33. The first-order valence-electron chi connectivity index (χ1n) is 5.89. The Morgan fingerprint density at radius 1 is 1.09 bits per heavy atom. The van der Waals surface area contributed by atoms with Crippen LogP contribution in [0.15, 0.2) is 18.2 Å². The average molecular weight is 311 g/mol. The zero-order valence-electron chi connectivity index (χ0n) is 11.1. The topological polar surface area (TPSA) is 164 Å². The second-order valence-corrected chi connectivity index (χ2v) is 4.20. The highest BCUT2D eigenvalue weighted by molar-refractivity contribution is 5.95. The van der Waals surface area contributed by atoms with E-state index in [2.05, 4.69) is 0 Å². The van der Waals surface area contributed by atoms with Crippen molar-refractivity contribution in [2.75, 3.05) is 0 Å². The Morgan fingerprint density at radius 2 is 1.73 bits per heavy atom. The molecule has 1 rings (SSSR count). The summed E-state index contributed by atoms with van der Waals surface area (Å²) in [5, 5.41) is 47.2. The maximum atomic E-state index is 11.5. The number of benzene rings is 1. The molecule has 9 nitrogen and oxygen atoms in total. The van der Waals surface area contributed by atoms with E-state index < -0.39 is 47.6 Å². The standard InChI is InChI=1S/C13H13NO8/c15-8-3-1-6(11(19)12(8)20)2-4-9(16)14-7(13(21)22)5-10(17)18/h1-4,7,15,19-20H,5H2,(H,14,16)(H,17,18)(H,21,22)/b4-2+. The summed E-state index contributed by atoms with van der Waals surface area (Å²) in [5.41, 5.74) is -0.00411. The van der Waals surface area contributed by atoms with Crippen molar-refractivity contribution >= 4 is 23.9 Å². The number of hydrogen-bond acceptors (Lipinski definition) is 6. The molecule has 1 aromatic carbocycles. The Balaban J connectivity index is 2.81. The van der Waals surface area contributed by atoms with Crippen molar-refractivity contribution in [2.24, 2.45) is 0 Å². The quantitative estimate of drug-likeness (QED) is 0.312. The number of phenolic OH excluding ortho intramolecular Hbond substituents is 3. The van der Waals surface area contributed by atoms with Gasteiger partial charge in [0.25, 0.3) is 0 Å². The van der Waals surface area contributed by atoms with Crippen molar-refractivity contribution in [3.63, 3.8) is 0 Å². The summed E-state index contributed by atoms with van der Waals surface area (Å²) < 4.78 is 0. The van der Waals surface area contributed by atoms with Gasteiger partial charge in [0.1, 0.15) is 6.04 Å². The largest absolute Gasteiger partial charge is 0.504 e. The fourth-order valence-electron chi connectivity index (χ4n) is 1.48. The van der Waals surface area contributed by atoms with E-state index in [0.29, 0.717) is 0 Å². The zero-order valence-corrected chi connectivity index (χ0v) is 11.1. The lowest BCUT2D eigenvalue weighted by Gasteiger charge is -2.10. The molecule has 1 atom stereocenters. The van der Waals surface area contributed by atoms with Crippen LogP contribution in [-0.4, -0.2) is 49.4 Å². The SMILES string of the molecule is O=C(O)CC(NC(=O)/C=C/c1ccc(O)c(O)c1O)C(=O)O. The van der Waals surface area contributed by atoms with Gasteiger partial charge in [-0.2, -0.15) is 0 Å². The second-order valence-electron chi connectivity index (χ2n) is 4.20. The molecule has 6 N–H and O–H groups in total. The highest BCUT2D eigenvalue weighted by atomic mass is 16.4. The molecular weight excluding hydrogens is 298 g/mol. The monoisotopic (exact) mass is 311 g/mol. The minimum absolute atomic E-state index is 0.00411. The molecule has 0 saturated carbocycles. The Labute approximate surface area is 123 Å². The van der Waals surface area contributed by atoms with E-state index in [9.17, 15) is 24.6 Å². The van der Waals surface area contributed by atoms with Crippen LogP contribution in [0.1, 0.15) is 12.0 Å². The fourth-order valence-corrected chi connectivity index (χ4v) is 1.48. The Bertz CT molecular complexity index is 637. The maximum Gasteiger partial charge on any atom is 0.326 e. The lowest BCUT2D eigenvalue weighted by Crippen LogP contribution is -2.41. The third-order valence-electron chi connectivity index (χ3n) is 2.57. The Hall–Kier alpha value is -3.23. The van der Waals surface area contributed by atoms with Crippen molar-refractivity contribution < 1.29 is 39.9 Å². The number of carbonyl (C=O) groups is 3. The smallest absolute Gasteiger partial charge is 0.326 e. The third-order valence-corrected chi connectivity index (χ3v) is 2.57. The number of carboxylic acids is 2. The Morgan fingerprint density at radius 3 is 2.27 bits per heavy atom. The van der Waals surface area contributed by atoms with Gasteiger partial charge in [-0.05, 0) is 18.2 Å². The van der Waals surface area contributed by atoms with E-state index in [1.807, 2.05) is 5.32 Å². The van der Waals surface area contributed by atoms with Crippen LogP contribution in [0.4, 0.5) is 0 Å². The van der Waals surface area contributed by atoms with Crippen molar-refractivity contribution in [3.05, 3.63) is 23.8 Å². The summed E-state index contributed by atoms with van der Waals surface area (Å²) in [6.07, 6.45) is 1.12. The van der Waals surface area contributed by atoms with Gasteiger partial charge in [0, 0.05) is 11.6 Å². The highest BCUT2D eigenvalue weighted by Gasteiger charge is 2.22. The number of nitrogens with one attached hydrogen (secondary N) is 1. The van der Waals surface area contributed by atoms with E-state index in [0.717, 1.165) is 18.2 Å². The van der Waals surface area contributed by atoms with Gasteiger partial charge < -0.3 is 30.8 Å². The second kappa shape index (κ2) is 6.97. The average Bonchev–Trinajstić information content (AvgIpc) is 2.42. The van der Waals surface area contributed by atoms with Gasteiger partial charge in [-0.1, -0.05) is 0 Å². The number of amides is 1. The van der Waals surface area contributed by atoms with Gasteiger partial charge in [-0.15, -0.1) is 0 Å². The first-order chi connectivity index (χ1) is 10.2. The van der Waals surface area contributed by atoms with E-state index in [4.69, 9.17) is 15.3 Å². The molecule has 0 bridgehead atoms. The maximum absolute atomic E-state index is 11.5. The van der Waals surface area contributed by atoms with Crippen LogP contribution >= 0.6 is 0 Å². The van der Waals surface area contributed by atoms with Crippen LogP contribution in [0.2, 0.25) is 0 Å². The zero-order chi connectivity index (χ0) is 16.9. The predicted octanol–water partition coefficient (Wildman–Crippen LogP) is -0.139. The summed E-state index contributed by atoms with van der Waals surface area (Å²) in [6, 6.07) is 0.688. The summed E-state index contributed by atoms with van der Waals surface area (Å²) in [6.45, 7) is 0. The lowest BCUT2D eigenvalue weighted by molar-refractivity contribution is -0.146. The molecule has 9 heteroatoms. The highest BCUT2D eigenvalue weighted by Crippen LogP contribution is 2.37. The molecule has 1 amide bonds. The summed E-state index contributed by atoms with van der Waals surface area (Å²) in [4.78, 5) is 32.8. The molecular formula is C13H13NO8. The summed E-state index contributed by atoms with van der Waals surface area (Å²) >= 11 is 0. The molecule has 0 saturated heterocycles. The molecule has 0 aliphatic rings. The molecule has 0 spiro atoms. The van der Waals surface area contributed by atoms with Crippen LogP contribution in [0.3, 0.4) is 0 Å². The third kappa shape index (κ3) is 4.40. The minimum Gasteiger partial charge on any atom is -0.504 e. The molecule has 0 fully saturated rings. The van der Waals surface area contributed by atoms with Crippen molar-refractivity contribution in [3.8, 4) is 17.2 Å². The van der Waals surface area contributed by atoms with Gasteiger partial charge in [0.15, 0.2) is 11.5 Å². The normalized spacial score (nSPS) is 12.0. The van der Waals surface area contributed by atoms with E-state index in [-0.39, 0.29) is 5.56 Å². The molecule has 0 aliphatic heterocycles. The molecule has 0 heterocycles. The van der Waals surface area contributed by atoms with Crippen LogP contribution in [0.5, 0.6) is 17.2 Å². The van der Waals surface area contributed by atoms with Crippen LogP contribution in [-0.2, 0) is 14.4 Å². The van der Waals surface area contributed by atoms with Gasteiger partial charge >= 0.3 is 11.9 Å². The number of carbonyl (C=O) groups excluding carboxylic acids is 1. The predicted molar refractivity (Wildman–Crippen MR) is 72.3 cm³/mol. The molecule has 0 radical (unpaired) electrons. The summed E-state index contributed by atoms with van der Waals surface area (Å²) in [7, 11) is 0. The van der Waals surface area contributed by atoms with Gasteiger partial charge in [0.05, 0.1) is 6.42 Å². The van der Waals surface area contributed by atoms with Gasteiger partial charge in [-0.25, -0.2) is 4.79 Å². The van der Waals surface area contributed by atoms with Crippen LogP contribution in [0, 0.1) is 0 Å². The minimum atomic E-state index is -1.60. The number of aromatic hydroxyl groups is 3. The molecule has 118 valence electrons. The molecule has 0 aliphatic carbocycles. The lowest BCUT2D eigenvalue weighted by atomic mass is 10.1. The summed E-state index contributed by atoms with van der Waals surface area (Å²) in [5.74, 6) is -5.78. The van der Waals surface area contributed by atoms with Gasteiger partial charge in [-0.3, -0.25) is 9.59 Å². The van der Waals surface area contributed by atoms with Crippen molar-refractivity contribution in [1.82, 2.24) is 5.32 Å². The van der Waals surface area contributed by atoms with Gasteiger partial charge in [0.2, 0.25) is 11.7 Å². The number of carboxylic acid groups (broad SMARTS) is 2. The molecule has 1 aromatic rings.